The molecule has 2 aromatic carbocycles. The number of aryl methyl sites for hydroxylation is 1. The summed E-state index contributed by atoms with van der Waals surface area (Å²) < 4.78 is 32.1. The van der Waals surface area contributed by atoms with E-state index in [0.717, 1.165) is 18.6 Å². The maximum Gasteiger partial charge on any atom is 0.254 e. The lowest BCUT2D eigenvalue weighted by Crippen LogP contribution is -2.54. The summed E-state index contributed by atoms with van der Waals surface area (Å²) in [5.74, 6) is -0.901. The molecule has 0 unspecified atom stereocenters. The number of aromatic nitrogens is 2. The Balaban J connectivity index is 1.43. The lowest BCUT2D eigenvalue weighted by Gasteiger charge is -2.40. The lowest BCUT2D eigenvalue weighted by atomic mass is 10.1. The van der Waals surface area contributed by atoms with E-state index in [1.165, 1.54) is 18.0 Å². The van der Waals surface area contributed by atoms with Gasteiger partial charge in [0.2, 0.25) is 5.88 Å². The molecule has 2 heterocycles. The predicted octanol–water partition coefficient (Wildman–Crippen LogP) is 4.46. The van der Waals surface area contributed by atoms with Crippen molar-refractivity contribution in [3.63, 3.8) is 0 Å². The topological polar surface area (TPSA) is 58.6 Å². The van der Waals surface area contributed by atoms with Gasteiger partial charge in [-0.05, 0) is 43.2 Å². The molecule has 1 amide bonds. The number of halogens is 2. The molecule has 3 aromatic rings. The van der Waals surface area contributed by atoms with Gasteiger partial charge in [0, 0.05) is 43.4 Å². The quantitative estimate of drug-likeness (QED) is 0.589. The zero-order chi connectivity index (χ0) is 22.7. The van der Waals surface area contributed by atoms with Gasteiger partial charge in [-0.25, -0.2) is 18.7 Å². The van der Waals surface area contributed by atoms with Crippen molar-refractivity contribution < 1.29 is 18.3 Å². The van der Waals surface area contributed by atoms with Gasteiger partial charge >= 0.3 is 0 Å². The molecule has 1 fully saturated rings. The lowest BCUT2D eigenvalue weighted by molar-refractivity contribution is 0.0673. The first kappa shape index (κ1) is 21.7. The molecule has 1 aliphatic rings. The van der Waals surface area contributed by atoms with E-state index in [4.69, 9.17) is 4.74 Å². The second kappa shape index (κ2) is 9.30. The minimum Gasteiger partial charge on any atom is -0.439 e. The van der Waals surface area contributed by atoms with E-state index >= 15 is 0 Å². The van der Waals surface area contributed by atoms with Crippen LogP contribution in [-0.4, -0.2) is 46.5 Å². The molecule has 32 heavy (non-hydrogen) atoms. The number of anilines is 1. The first-order valence-corrected chi connectivity index (χ1v) is 10.5. The van der Waals surface area contributed by atoms with Gasteiger partial charge in [0.25, 0.3) is 5.91 Å². The monoisotopic (exact) mass is 438 g/mol. The third-order valence-corrected chi connectivity index (χ3v) is 5.56. The number of carbonyl (C=O) groups excluding carboxylic acids is 1. The zero-order valence-electron chi connectivity index (χ0n) is 18.0. The van der Waals surface area contributed by atoms with E-state index < -0.39 is 11.6 Å². The van der Waals surface area contributed by atoms with Crippen molar-refractivity contribution in [2.45, 2.75) is 26.3 Å². The molecule has 6 nitrogen and oxygen atoms in total. The van der Waals surface area contributed by atoms with Crippen LogP contribution in [0.2, 0.25) is 0 Å². The van der Waals surface area contributed by atoms with Crippen LogP contribution in [0.1, 0.15) is 29.8 Å². The van der Waals surface area contributed by atoms with Crippen molar-refractivity contribution >= 4 is 11.7 Å². The van der Waals surface area contributed by atoms with Crippen LogP contribution in [0, 0.1) is 11.6 Å². The average Bonchev–Trinajstić information content (AvgIpc) is 2.81. The van der Waals surface area contributed by atoms with Gasteiger partial charge in [-0.15, -0.1) is 0 Å². The van der Waals surface area contributed by atoms with Crippen molar-refractivity contribution in [2.75, 3.05) is 24.5 Å². The highest BCUT2D eigenvalue weighted by Crippen LogP contribution is 2.25. The van der Waals surface area contributed by atoms with Crippen LogP contribution in [0.15, 0.2) is 54.9 Å². The fourth-order valence-corrected chi connectivity index (χ4v) is 3.74. The zero-order valence-corrected chi connectivity index (χ0v) is 18.0. The molecule has 0 aliphatic carbocycles. The summed E-state index contributed by atoms with van der Waals surface area (Å²) in [7, 11) is 0. The molecule has 166 valence electrons. The van der Waals surface area contributed by atoms with E-state index in [1.54, 1.807) is 6.07 Å². The van der Waals surface area contributed by atoms with Crippen LogP contribution in [-0.2, 0) is 6.42 Å². The third kappa shape index (κ3) is 4.69. The van der Waals surface area contributed by atoms with Crippen molar-refractivity contribution in [3.05, 3.63) is 77.6 Å². The maximum absolute atomic E-state index is 13.4. The Morgan fingerprint density at radius 3 is 2.53 bits per heavy atom. The summed E-state index contributed by atoms with van der Waals surface area (Å²) in [6.45, 7) is 5.84. The summed E-state index contributed by atoms with van der Waals surface area (Å²) in [4.78, 5) is 25.3. The van der Waals surface area contributed by atoms with Crippen LogP contribution in [0.5, 0.6) is 11.6 Å². The van der Waals surface area contributed by atoms with Crippen molar-refractivity contribution in [3.8, 4) is 11.6 Å². The van der Waals surface area contributed by atoms with Crippen molar-refractivity contribution in [1.82, 2.24) is 14.9 Å². The Kier molecular flexibility index (Phi) is 6.30. The molecule has 0 saturated carbocycles. The summed E-state index contributed by atoms with van der Waals surface area (Å²) in [5, 5.41) is 0. The first-order chi connectivity index (χ1) is 15.4. The molecule has 8 heteroatoms. The largest absolute Gasteiger partial charge is 0.439 e. The number of hydrogen-bond acceptors (Lipinski definition) is 5. The second-order valence-corrected chi connectivity index (χ2v) is 7.74. The number of ether oxygens (including phenoxy) is 1. The molecule has 0 radical (unpaired) electrons. The summed E-state index contributed by atoms with van der Waals surface area (Å²) in [5.41, 5.74) is 1.89. The SMILES string of the molecule is CCc1ccc(C(=O)N2CCN(c3cc(Oc4ccc(F)c(F)c4)ncn3)C[C@@H]2C)cc1. The molecule has 0 bridgehead atoms. The van der Waals surface area contributed by atoms with Gasteiger partial charge in [-0.3, -0.25) is 4.79 Å². The summed E-state index contributed by atoms with van der Waals surface area (Å²) in [6.07, 6.45) is 2.30. The number of benzene rings is 2. The van der Waals surface area contributed by atoms with E-state index in [1.807, 2.05) is 36.1 Å². The molecule has 0 spiro atoms. The Morgan fingerprint density at radius 1 is 1.06 bits per heavy atom. The molecule has 4 rings (SSSR count). The number of piperazine rings is 1. The number of amides is 1. The normalized spacial score (nSPS) is 16.2. The average molecular weight is 438 g/mol. The highest BCUT2D eigenvalue weighted by molar-refractivity contribution is 5.94. The highest BCUT2D eigenvalue weighted by atomic mass is 19.2. The van der Waals surface area contributed by atoms with E-state index in [9.17, 15) is 13.6 Å². The third-order valence-electron chi connectivity index (χ3n) is 5.56. The Hall–Kier alpha value is -3.55. The number of nitrogens with zero attached hydrogens (tertiary/aromatic N) is 4. The Labute approximate surface area is 185 Å². The second-order valence-electron chi connectivity index (χ2n) is 7.74. The van der Waals surface area contributed by atoms with Gasteiger partial charge < -0.3 is 14.5 Å². The number of rotatable bonds is 5. The van der Waals surface area contributed by atoms with Gasteiger partial charge in [0.05, 0.1) is 0 Å². The van der Waals surface area contributed by atoms with Gasteiger partial charge in [0.15, 0.2) is 11.6 Å². The van der Waals surface area contributed by atoms with Crippen molar-refractivity contribution in [1.29, 1.82) is 0 Å². The molecule has 1 aromatic heterocycles. The van der Waals surface area contributed by atoms with Crippen molar-refractivity contribution in [2.24, 2.45) is 0 Å². The Bertz CT molecular complexity index is 1110. The van der Waals surface area contributed by atoms with Crippen LogP contribution >= 0.6 is 0 Å². The number of carbonyl (C=O) groups is 1. The fourth-order valence-electron chi connectivity index (χ4n) is 3.74. The van der Waals surface area contributed by atoms with Gasteiger partial charge in [-0.1, -0.05) is 19.1 Å². The maximum atomic E-state index is 13.4. The van der Waals surface area contributed by atoms with E-state index in [2.05, 4.69) is 21.8 Å². The molecule has 1 saturated heterocycles. The van der Waals surface area contributed by atoms with Crippen LogP contribution in [0.3, 0.4) is 0 Å². The first-order valence-electron chi connectivity index (χ1n) is 10.5. The number of hydrogen-bond donors (Lipinski definition) is 0. The van der Waals surface area contributed by atoms with E-state index in [0.29, 0.717) is 31.0 Å². The summed E-state index contributed by atoms with van der Waals surface area (Å²) >= 11 is 0. The highest BCUT2D eigenvalue weighted by Gasteiger charge is 2.29. The van der Waals surface area contributed by atoms with E-state index in [-0.39, 0.29) is 23.6 Å². The standard InChI is InChI=1S/C24H24F2N4O2/c1-3-17-4-6-18(7-5-17)24(31)30-11-10-29(14-16(30)2)22-13-23(28-15-27-22)32-19-8-9-20(25)21(26)12-19/h4-9,12-13,15-16H,3,10-11,14H2,1-2H3/t16-/m0/s1. The van der Waals surface area contributed by atoms with Gasteiger partial charge in [-0.2, -0.15) is 0 Å². The molecule has 0 N–H and O–H groups in total. The predicted molar refractivity (Wildman–Crippen MR) is 117 cm³/mol. The van der Waals surface area contributed by atoms with Gasteiger partial charge in [0.1, 0.15) is 17.9 Å². The smallest absolute Gasteiger partial charge is 0.254 e. The summed E-state index contributed by atoms with van der Waals surface area (Å²) in [6, 6.07) is 12.7. The fraction of sp³-hybridized carbons (Fsp3) is 0.292. The molecule has 1 aliphatic heterocycles. The molecule has 1 atom stereocenters. The van der Waals surface area contributed by atoms with Crippen LogP contribution in [0.25, 0.3) is 0 Å². The van der Waals surface area contributed by atoms with Crippen LogP contribution in [0.4, 0.5) is 14.6 Å². The Morgan fingerprint density at radius 2 is 1.84 bits per heavy atom. The molecular formula is C24H24F2N4O2. The minimum absolute atomic E-state index is 0.0184. The minimum atomic E-state index is -0.990. The molecular weight excluding hydrogens is 414 g/mol. The van der Waals surface area contributed by atoms with Crippen LogP contribution < -0.4 is 9.64 Å².